The standard InChI is InChI=1S/C28H33ClN8O4/c1-31-27(41)28-13-18(28)22(23(39)24(28)40)37-15-34-21-25(33-14-16-6-4-7-17(29)12-16)35-19(36-26(21)37)8-2-3-9-20(38)32-11-5-10-30/h4,6-7,12,15,18,22-24,39-40H,3,5,9-11,13-14,30H2,1H3,(H,31,41)(H,32,38)(H,33,35,36)/t18-,22-,23+,24+,28+/m1/s1. The van der Waals surface area contributed by atoms with Crippen molar-refractivity contribution in [2.24, 2.45) is 17.1 Å². The van der Waals surface area contributed by atoms with Crippen molar-refractivity contribution in [2.75, 3.05) is 25.5 Å². The molecule has 41 heavy (non-hydrogen) atoms. The Morgan fingerprint density at radius 3 is 2.88 bits per heavy atom. The third-order valence-electron chi connectivity index (χ3n) is 7.79. The van der Waals surface area contributed by atoms with Gasteiger partial charge in [0, 0.05) is 43.9 Å². The van der Waals surface area contributed by atoms with Crippen LogP contribution in [-0.4, -0.2) is 73.9 Å². The van der Waals surface area contributed by atoms with E-state index < -0.39 is 23.7 Å². The summed E-state index contributed by atoms with van der Waals surface area (Å²) in [5, 5.41) is 31.1. The molecule has 5 atom stereocenters. The summed E-state index contributed by atoms with van der Waals surface area (Å²) in [6, 6.07) is 6.80. The lowest BCUT2D eigenvalue weighted by molar-refractivity contribution is -0.132. The van der Waals surface area contributed by atoms with Gasteiger partial charge in [0.2, 0.25) is 17.6 Å². The minimum atomic E-state index is -1.22. The Morgan fingerprint density at radius 2 is 2.12 bits per heavy atom. The molecule has 2 amide bonds. The number of imidazole rings is 1. The summed E-state index contributed by atoms with van der Waals surface area (Å²) < 4.78 is 1.70. The maximum atomic E-state index is 12.6. The van der Waals surface area contributed by atoms with Crippen LogP contribution in [0.5, 0.6) is 0 Å². The first-order chi connectivity index (χ1) is 19.8. The smallest absolute Gasteiger partial charge is 0.229 e. The molecular formula is C28H33ClN8O4. The van der Waals surface area contributed by atoms with E-state index in [1.807, 2.05) is 18.2 Å². The molecule has 2 fully saturated rings. The zero-order valence-electron chi connectivity index (χ0n) is 22.6. The summed E-state index contributed by atoms with van der Waals surface area (Å²) >= 11 is 6.14. The van der Waals surface area contributed by atoms with E-state index in [0.29, 0.717) is 60.9 Å². The highest BCUT2D eigenvalue weighted by molar-refractivity contribution is 6.30. The summed E-state index contributed by atoms with van der Waals surface area (Å²) in [6.45, 7) is 1.44. The van der Waals surface area contributed by atoms with Gasteiger partial charge >= 0.3 is 0 Å². The molecule has 3 aromatic rings. The molecule has 1 aromatic carbocycles. The summed E-state index contributed by atoms with van der Waals surface area (Å²) in [5.74, 6) is 5.85. The van der Waals surface area contributed by atoms with Crippen LogP contribution in [0, 0.1) is 23.2 Å². The normalized spacial score (nSPS) is 24.3. The van der Waals surface area contributed by atoms with Gasteiger partial charge in [-0.15, -0.1) is 0 Å². The van der Waals surface area contributed by atoms with Crippen molar-refractivity contribution in [3.8, 4) is 11.8 Å². The third-order valence-corrected chi connectivity index (χ3v) is 8.03. The number of nitrogens with two attached hydrogens (primary N) is 1. The Balaban J connectivity index is 1.44. The summed E-state index contributed by atoms with van der Waals surface area (Å²) in [4.78, 5) is 38.4. The lowest BCUT2D eigenvalue weighted by Crippen LogP contribution is -2.41. The second-order valence-electron chi connectivity index (χ2n) is 10.4. The number of aromatic nitrogens is 4. The molecule has 13 heteroatoms. The Hall–Kier alpha value is -3.76. The Kier molecular flexibility index (Phi) is 8.42. The molecule has 2 aromatic heterocycles. The molecular weight excluding hydrogens is 548 g/mol. The van der Waals surface area contributed by atoms with E-state index in [1.165, 1.54) is 7.05 Å². The molecule has 0 unspecified atom stereocenters. The average molecular weight is 581 g/mol. The maximum absolute atomic E-state index is 12.6. The molecule has 2 aliphatic carbocycles. The van der Waals surface area contributed by atoms with E-state index in [2.05, 4.69) is 42.7 Å². The monoisotopic (exact) mass is 580 g/mol. The van der Waals surface area contributed by atoms with Crippen molar-refractivity contribution in [3.63, 3.8) is 0 Å². The van der Waals surface area contributed by atoms with Crippen LogP contribution >= 0.6 is 11.6 Å². The number of amides is 2. The number of fused-ring (bicyclic) bond motifs is 2. The van der Waals surface area contributed by atoms with Crippen LogP contribution in [0.4, 0.5) is 5.82 Å². The van der Waals surface area contributed by atoms with Gasteiger partial charge < -0.3 is 36.5 Å². The number of nitrogens with zero attached hydrogens (tertiary/aromatic N) is 4. The average Bonchev–Trinajstić information content (AvgIpc) is 3.50. The molecule has 0 spiro atoms. The fourth-order valence-corrected chi connectivity index (χ4v) is 5.88. The number of rotatable bonds is 10. The molecule has 0 radical (unpaired) electrons. The first kappa shape index (κ1) is 28.8. The zero-order valence-corrected chi connectivity index (χ0v) is 23.4. The molecule has 216 valence electrons. The van der Waals surface area contributed by atoms with E-state index in [-0.39, 0.29) is 30.0 Å². The van der Waals surface area contributed by atoms with Gasteiger partial charge in [0.05, 0.1) is 23.9 Å². The van der Waals surface area contributed by atoms with Crippen molar-refractivity contribution < 1.29 is 19.8 Å². The fourth-order valence-electron chi connectivity index (χ4n) is 5.67. The van der Waals surface area contributed by atoms with E-state index >= 15 is 0 Å². The lowest BCUT2D eigenvalue weighted by atomic mass is 9.98. The predicted octanol–water partition coefficient (Wildman–Crippen LogP) is 0.717. The molecule has 0 aliphatic heterocycles. The first-order valence-electron chi connectivity index (χ1n) is 13.6. The van der Waals surface area contributed by atoms with Crippen LogP contribution in [0.15, 0.2) is 30.6 Å². The molecule has 5 rings (SSSR count). The predicted molar refractivity (Wildman–Crippen MR) is 153 cm³/mol. The summed E-state index contributed by atoms with van der Waals surface area (Å²) in [7, 11) is 1.52. The number of hydrogen-bond donors (Lipinski definition) is 6. The molecule has 2 heterocycles. The number of carbonyl (C=O) groups excluding carboxylic acids is 2. The fraction of sp³-hybridized carbons (Fsp3) is 0.464. The van der Waals surface area contributed by atoms with Crippen LogP contribution in [0.1, 0.15) is 43.1 Å². The highest BCUT2D eigenvalue weighted by Crippen LogP contribution is 2.67. The number of nitrogens with one attached hydrogen (secondary N) is 3. The van der Waals surface area contributed by atoms with Crippen molar-refractivity contribution in [1.82, 2.24) is 30.2 Å². The Labute approximate surface area is 242 Å². The van der Waals surface area contributed by atoms with Gasteiger partial charge in [-0.25, -0.2) is 15.0 Å². The number of aliphatic hydroxyl groups excluding tert-OH is 2. The van der Waals surface area contributed by atoms with Crippen LogP contribution in [0.3, 0.4) is 0 Å². The topological polar surface area (TPSA) is 180 Å². The van der Waals surface area contributed by atoms with Crippen LogP contribution < -0.4 is 21.7 Å². The molecule has 2 aliphatic rings. The quantitative estimate of drug-likeness (QED) is 0.149. The van der Waals surface area contributed by atoms with Gasteiger partial charge in [-0.05, 0) is 43.0 Å². The van der Waals surface area contributed by atoms with Gasteiger partial charge in [-0.3, -0.25) is 9.59 Å². The molecule has 0 saturated heterocycles. The minimum Gasteiger partial charge on any atom is -0.389 e. The molecule has 0 bridgehead atoms. The largest absolute Gasteiger partial charge is 0.389 e. The van der Waals surface area contributed by atoms with Crippen molar-refractivity contribution >= 4 is 40.4 Å². The van der Waals surface area contributed by atoms with E-state index in [9.17, 15) is 19.8 Å². The van der Waals surface area contributed by atoms with E-state index in [4.69, 9.17) is 17.3 Å². The van der Waals surface area contributed by atoms with Crippen molar-refractivity contribution in [1.29, 1.82) is 0 Å². The number of benzene rings is 1. The number of carbonyl (C=O) groups is 2. The van der Waals surface area contributed by atoms with Gasteiger partial charge in [0.15, 0.2) is 17.0 Å². The van der Waals surface area contributed by atoms with Crippen LogP contribution in [0.2, 0.25) is 5.02 Å². The molecule has 12 nitrogen and oxygen atoms in total. The summed E-state index contributed by atoms with van der Waals surface area (Å²) in [5.41, 5.74) is 6.22. The Morgan fingerprint density at radius 1 is 1.29 bits per heavy atom. The zero-order chi connectivity index (χ0) is 29.1. The van der Waals surface area contributed by atoms with Crippen LogP contribution in [0.25, 0.3) is 11.2 Å². The number of hydrogen-bond acceptors (Lipinski definition) is 9. The number of anilines is 1. The van der Waals surface area contributed by atoms with Gasteiger partial charge in [0.1, 0.15) is 6.10 Å². The Bertz CT molecular complexity index is 1520. The van der Waals surface area contributed by atoms with Crippen molar-refractivity contribution in [2.45, 2.75) is 50.5 Å². The van der Waals surface area contributed by atoms with E-state index in [1.54, 1.807) is 17.0 Å². The highest BCUT2D eigenvalue weighted by Gasteiger charge is 2.75. The van der Waals surface area contributed by atoms with Gasteiger partial charge in [-0.1, -0.05) is 29.7 Å². The van der Waals surface area contributed by atoms with Crippen LogP contribution in [-0.2, 0) is 16.1 Å². The highest BCUT2D eigenvalue weighted by atomic mass is 35.5. The minimum absolute atomic E-state index is 0.108. The summed E-state index contributed by atoms with van der Waals surface area (Å²) in [6.07, 6.45) is 0.840. The van der Waals surface area contributed by atoms with Gasteiger partial charge in [-0.2, -0.15) is 0 Å². The van der Waals surface area contributed by atoms with E-state index in [0.717, 1.165) is 5.56 Å². The molecule has 7 N–H and O–H groups in total. The van der Waals surface area contributed by atoms with Crippen molar-refractivity contribution in [3.05, 3.63) is 47.0 Å². The van der Waals surface area contributed by atoms with Gasteiger partial charge in [0.25, 0.3) is 0 Å². The lowest BCUT2D eigenvalue weighted by Gasteiger charge is -2.23. The maximum Gasteiger partial charge on any atom is 0.229 e. The third kappa shape index (κ3) is 5.58. The SMILES string of the molecule is CNC(=O)[C@@]12C[C@@H]1[C@@H](n1cnc3c(NCc4cccc(Cl)c4)nc(C#CCCC(=O)NCCCN)nc31)[C@H](O)[C@@H]2O. The molecule has 2 saturated carbocycles. The number of aliphatic hydroxyl groups is 2. The number of halogens is 1. The first-order valence-corrected chi connectivity index (χ1v) is 13.9. The second-order valence-corrected chi connectivity index (χ2v) is 10.8. The second kappa shape index (κ2) is 12.0.